The highest BCUT2D eigenvalue weighted by Gasteiger charge is 2.32. The number of hydrogen-bond donors (Lipinski definition) is 3. The van der Waals surface area contributed by atoms with Crippen LogP contribution in [0.1, 0.15) is 51.4 Å². The Balaban J connectivity index is 1.83. The SMILES string of the molecule is NNC(=S)CCCCC1=CC=C(NC(=O)CC2=CCCC(OC(F)(F)F)=C2)C(F)C1. The summed E-state index contributed by atoms with van der Waals surface area (Å²) in [5, 5.41) is 2.52. The largest absolute Gasteiger partial charge is 0.572 e. The summed E-state index contributed by atoms with van der Waals surface area (Å²) >= 11 is 4.96. The minimum absolute atomic E-state index is 0.116. The molecule has 0 radical (unpaired) electrons. The molecule has 2 aliphatic carbocycles. The predicted octanol–water partition coefficient (Wildman–Crippen LogP) is 4.54. The van der Waals surface area contributed by atoms with Crippen LogP contribution in [0.4, 0.5) is 17.6 Å². The fourth-order valence-electron chi connectivity index (χ4n) is 3.22. The third-order valence-corrected chi connectivity index (χ3v) is 4.95. The molecule has 2 aliphatic rings. The lowest BCUT2D eigenvalue weighted by Crippen LogP contribution is -2.29. The fourth-order valence-corrected chi connectivity index (χ4v) is 3.36. The summed E-state index contributed by atoms with van der Waals surface area (Å²) in [6, 6.07) is 0. The molecule has 5 nitrogen and oxygen atoms in total. The molecule has 0 saturated heterocycles. The average Bonchev–Trinajstić information content (AvgIpc) is 2.66. The summed E-state index contributed by atoms with van der Waals surface area (Å²) in [5.41, 5.74) is 3.93. The van der Waals surface area contributed by atoms with Gasteiger partial charge in [0.2, 0.25) is 5.91 Å². The van der Waals surface area contributed by atoms with E-state index in [-0.39, 0.29) is 30.7 Å². The first-order chi connectivity index (χ1) is 14.2. The van der Waals surface area contributed by atoms with E-state index in [1.54, 1.807) is 12.2 Å². The standard InChI is InChI=1S/C20H25F4N3O2S/c21-16-11-13(4-1-2-7-19(30)27-25)8-9-17(16)26-18(28)12-14-5-3-6-15(10-14)29-20(22,23)24/h5,8-10,16H,1-4,6-7,11-12,25H2,(H,26,28)(H,27,30). The van der Waals surface area contributed by atoms with Crippen LogP contribution in [-0.4, -0.2) is 23.4 Å². The van der Waals surface area contributed by atoms with Gasteiger partial charge in [0, 0.05) is 12.8 Å². The van der Waals surface area contributed by atoms with Gasteiger partial charge in [0.25, 0.3) is 0 Å². The number of alkyl halides is 4. The lowest BCUT2D eigenvalue weighted by Gasteiger charge is -2.20. The summed E-state index contributed by atoms with van der Waals surface area (Å²) in [6.07, 6.45) is 3.71. The molecule has 10 heteroatoms. The van der Waals surface area contributed by atoms with Crippen LogP contribution in [0.3, 0.4) is 0 Å². The molecule has 30 heavy (non-hydrogen) atoms. The van der Waals surface area contributed by atoms with Crippen molar-refractivity contribution in [1.82, 2.24) is 10.7 Å². The van der Waals surface area contributed by atoms with Gasteiger partial charge in [-0.1, -0.05) is 29.9 Å². The van der Waals surface area contributed by atoms with E-state index in [4.69, 9.17) is 18.1 Å². The van der Waals surface area contributed by atoms with Crippen LogP contribution in [0, 0.1) is 0 Å². The zero-order valence-electron chi connectivity index (χ0n) is 16.4. The first kappa shape index (κ1) is 24.1. The highest BCUT2D eigenvalue weighted by Crippen LogP contribution is 2.28. The van der Waals surface area contributed by atoms with E-state index < -0.39 is 18.4 Å². The van der Waals surface area contributed by atoms with Crippen LogP contribution in [0.15, 0.2) is 46.9 Å². The van der Waals surface area contributed by atoms with Crippen molar-refractivity contribution < 1.29 is 27.1 Å². The molecule has 1 amide bonds. The van der Waals surface area contributed by atoms with E-state index in [9.17, 15) is 22.4 Å². The van der Waals surface area contributed by atoms with Gasteiger partial charge in [-0.25, -0.2) is 4.39 Å². The van der Waals surface area contributed by atoms with Gasteiger partial charge in [0.05, 0.1) is 17.1 Å². The number of halogens is 4. The Hall–Kier alpha value is -2.20. The molecule has 0 bridgehead atoms. The van der Waals surface area contributed by atoms with Crippen LogP contribution in [0.5, 0.6) is 0 Å². The number of amides is 1. The second kappa shape index (κ2) is 11.3. The Morgan fingerprint density at radius 2 is 2.07 bits per heavy atom. The highest BCUT2D eigenvalue weighted by molar-refractivity contribution is 7.80. The molecule has 2 rings (SSSR count). The van der Waals surface area contributed by atoms with Crippen molar-refractivity contribution in [2.75, 3.05) is 0 Å². The zero-order valence-corrected chi connectivity index (χ0v) is 17.2. The smallest absolute Gasteiger partial charge is 0.410 e. The molecule has 0 fully saturated rings. The number of carbonyl (C=O) groups is 1. The van der Waals surface area contributed by atoms with Crippen molar-refractivity contribution in [2.24, 2.45) is 5.84 Å². The summed E-state index contributed by atoms with van der Waals surface area (Å²) < 4.78 is 55.4. The first-order valence-electron chi connectivity index (χ1n) is 9.64. The normalized spacial score (nSPS) is 19.2. The minimum Gasteiger partial charge on any atom is -0.410 e. The van der Waals surface area contributed by atoms with Gasteiger partial charge < -0.3 is 15.5 Å². The maximum absolute atomic E-state index is 14.4. The maximum Gasteiger partial charge on any atom is 0.572 e. The van der Waals surface area contributed by atoms with Crippen molar-refractivity contribution in [2.45, 2.75) is 63.9 Å². The van der Waals surface area contributed by atoms with E-state index >= 15 is 0 Å². The number of nitrogens with one attached hydrogen (secondary N) is 2. The molecule has 0 saturated carbocycles. The summed E-state index contributed by atoms with van der Waals surface area (Å²) in [4.78, 5) is 12.8. The second-order valence-electron chi connectivity index (χ2n) is 7.09. The van der Waals surface area contributed by atoms with E-state index in [2.05, 4.69) is 15.5 Å². The van der Waals surface area contributed by atoms with Gasteiger partial charge in [0.15, 0.2) is 0 Å². The molecule has 0 aromatic carbocycles. The summed E-state index contributed by atoms with van der Waals surface area (Å²) in [7, 11) is 0. The fraction of sp³-hybridized carbons (Fsp3) is 0.500. The number of rotatable bonds is 9. The van der Waals surface area contributed by atoms with E-state index in [1.165, 1.54) is 12.2 Å². The van der Waals surface area contributed by atoms with Gasteiger partial charge >= 0.3 is 6.36 Å². The van der Waals surface area contributed by atoms with Crippen LogP contribution < -0.4 is 16.6 Å². The molecule has 0 aromatic heterocycles. The van der Waals surface area contributed by atoms with Gasteiger partial charge in [-0.2, -0.15) is 0 Å². The lowest BCUT2D eigenvalue weighted by atomic mass is 9.95. The molecule has 4 N–H and O–H groups in total. The summed E-state index contributed by atoms with van der Waals surface area (Å²) in [6.45, 7) is 0. The molecule has 166 valence electrons. The second-order valence-corrected chi connectivity index (χ2v) is 7.59. The Morgan fingerprint density at radius 1 is 1.30 bits per heavy atom. The number of allylic oxidation sites excluding steroid dienone is 7. The third kappa shape index (κ3) is 8.66. The predicted molar refractivity (Wildman–Crippen MR) is 109 cm³/mol. The van der Waals surface area contributed by atoms with Crippen LogP contribution in [0.25, 0.3) is 0 Å². The lowest BCUT2D eigenvalue weighted by molar-refractivity contribution is -0.306. The minimum atomic E-state index is -4.76. The van der Waals surface area contributed by atoms with Crippen LogP contribution in [-0.2, 0) is 9.53 Å². The molecular weight excluding hydrogens is 422 g/mol. The van der Waals surface area contributed by atoms with E-state index in [0.717, 1.165) is 24.8 Å². The highest BCUT2D eigenvalue weighted by atomic mass is 32.1. The molecule has 0 heterocycles. The quantitative estimate of drug-likeness (QED) is 0.159. The number of hydrazine groups is 1. The number of ether oxygens (including phenoxy) is 1. The Bertz CT molecular complexity index is 773. The Morgan fingerprint density at radius 3 is 2.73 bits per heavy atom. The number of unbranched alkanes of at least 4 members (excludes halogenated alkanes) is 1. The number of nitrogens with two attached hydrogens (primary N) is 1. The molecule has 0 aromatic rings. The zero-order chi connectivity index (χ0) is 22.1. The molecule has 0 aliphatic heterocycles. The molecular formula is C20H25F4N3O2S. The number of hydrogen-bond acceptors (Lipinski definition) is 4. The van der Waals surface area contributed by atoms with Gasteiger partial charge in [-0.15, -0.1) is 13.2 Å². The summed E-state index contributed by atoms with van der Waals surface area (Å²) in [5.74, 6) is 4.49. The van der Waals surface area contributed by atoms with Crippen LogP contribution >= 0.6 is 12.2 Å². The van der Waals surface area contributed by atoms with Crippen molar-refractivity contribution in [1.29, 1.82) is 0 Å². The van der Waals surface area contributed by atoms with Crippen LogP contribution in [0.2, 0.25) is 0 Å². The van der Waals surface area contributed by atoms with E-state index in [1.807, 2.05) is 0 Å². The van der Waals surface area contributed by atoms with Crippen molar-refractivity contribution >= 4 is 23.1 Å². The Labute approximate surface area is 178 Å². The van der Waals surface area contributed by atoms with Crippen molar-refractivity contribution in [3.63, 3.8) is 0 Å². The van der Waals surface area contributed by atoms with Gasteiger partial charge in [-0.05, 0) is 49.8 Å². The maximum atomic E-state index is 14.4. The molecule has 1 atom stereocenters. The average molecular weight is 447 g/mol. The van der Waals surface area contributed by atoms with Crippen molar-refractivity contribution in [3.05, 3.63) is 46.9 Å². The van der Waals surface area contributed by atoms with Crippen molar-refractivity contribution in [3.8, 4) is 0 Å². The third-order valence-electron chi connectivity index (χ3n) is 4.63. The molecule has 1 unspecified atom stereocenters. The van der Waals surface area contributed by atoms with E-state index in [0.29, 0.717) is 23.4 Å². The topological polar surface area (TPSA) is 76.4 Å². The Kier molecular flexibility index (Phi) is 9.04. The number of carbonyl (C=O) groups excluding carboxylic acids is 1. The molecule has 0 spiro atoms. The number of thiocarbonyl (C=S) groups is 1. The van der Waals surface area contributed by atoms with Gasteiger partial charge in [-0.3, -0.25) is 10.6 Å². The van der Waals surface area contributed by atoms with Gasteiger partial charge in [0.1, 0.15) is 11.9 Å². The first-order valence-corrected chi connectivity index (χ1v) is 10.1. The monoisotopic (exact) mass is 447 g/mol.